The van der Waals surface area contributed by atoms with Gasteiger partial charge < -0.3 is 10.5 Å². The van der Waals surface area contributed by atoms with E-state index in [0.717, 1.165) is 5.56 Å². The second-order valence-electron chi connectivity index (χ2n) is 5.66. The molecular formula is C16H22N2O2. The predicted octanol–water partition coefficient (Wildman–Crippen LogP) is 3.25. The van der Waals surface area contributed by atoms with Crippen molar-refractivity contribution in [3.05, 3.63) is 29.8 Å². The van der Waals surface area contributed by atoms with E-state index in [1.54, 1.807) is 19.1 Å². The van der Waals surface area contributed by atoms with Gasteiger partial charge in [-0.15, -0.1) is 0 Å². The van der Waals surface area contributed by atoms with Crippen LogP contribution in [0.4, 0.5) is 5.69 Å². The highest BCUT2D eigenvalue weighted by atomic mass is 16.5. The monoisotopic (exact) mass is 274 g/mol. The zero-order valence-corrected chi connectivity index (χ0v) is 12.3. The van der Waals surface area contributed by atoms with Crippen molar-refractivity contribution in [3.63, 3.8) is 0 Å². The number of rotatable bonds is 6. The third kappa shape index (κ3) is 4.93. The Balaban J connectivity index is 2.42. The molecule has 0 aliphatic rings. The maximum Gasteiger partial charge on any atom is 0.313 e. The molecule has 4 nitrogen and oxygen atoms in total. The van der Waals surface area contributed by atoms with Crippen LogP contribution in [0.25, 0.3) is 0 Å². The SMILES string of the molecule is CC(C(=O)OCCCC(C)(C)C#N)c1cccc(N)c1. The van der Waals surface area contributed by atoms with Crippen LogP contribution in [-0.2, 0) is 9.53 Å². The molecule has 0 fully saturated rings. The fourth-order valence-corrected chi connectivity index (χ4v) is 1.83. The molecule has 1 unspecified atom stereocenters. The van der Waals surface area contributed by atoms with E-state index in [2.05, 4.69) is 6.07 Å². The molecule has 108 valence electrons. The minimum absolute atomic E-state index is 0.259. The first-order valence-electron chi connectivity index (χ1n) is 6.79. The summed E-state index contributed by atoms with van der Waals surface area (Å²) in [4.78, 5) is 11.9. The Morgan fingerprint density at radius 3 is 2.80 bits per heavy atom. The molecule has 0 amide bonds. The minimum Gasteiger partial charge on any atom is -0.465 e. The van der Waals surface area contributed by atoms with Crippen molar-refractivity contribution in [3.8, 4) is 6.07 Å². The van der Waals surface area contributed by atoms with Gasteiger partial charge in [-0.3, -0.25) is 4.79 Å². The molecule has 0 spiro atoms. The van der Waals surface area contributed by atoms with E-state index in [1.165, 1.54) is 0 Å². The van der Waals surface area contributed by atoms with Crippen molar-refractivity contribution in [1.29, 1.82) is 5.26 Å². The summed E-state index contributed by atoms with van der Waals surface area (Å²) in [6, 6.07) is 9.48. The van der Waals surface area contributed by atoms with Gasteiger partial charge in [0.25, 0.3) is 0 Å². The van der Waals surface area contributed by atoms with Crippen molar-refractivity contribution < 1.29 is 9.53 Å². The summed E-state index contributed by atoms with van der Waals surface area (Å²) < 4.78 is 5.25. The van der Waals surface area contributed by atoms with E-state index in [-0.39, 0.29) is 17.3 Å². The lowest BCUT2D eigenvalue weighted by atomic mass is 9.90. The molecule has 0 radical (unpaired) electrons. The van der Waals surface area contributed by atoms with Crippen molar-refractivity contribution >= 4 is 11.7 Å². The molecule has 1 aromatic rings. The number of nitriles is 1. The first kappa shape index (κ1) is 16.0. The Kier molecular flexibility index (Phi) is 5.57. The number of hydrogen-bond donors (Lipinski definition) is 1. The molecule has 1 atom stereocenters. The van der Waals surface area contributed by atoms with Crippen molar-refractivity contribution in [2.75, 3.05) is 12.3 Å². The van der Waals surface area contributed by atoms with Crippen LogP contribution in [0.15, 0.2) is 24.3 Å². The molecule has 2 N–H and O–H groups in total. The molecule has 20 heavy (non-hydrogen) atoms. The number of carbonyl (C=O) groups excluding carboxylic acids is 1. The second kappa shape index (κ2) is 6.95. The number of anilines is 1. The van der Waals surface area contributed by atoms with Gasteiger partial charge in [0.2, 0.25) is 0 Å². The van der Waals surface area contributed by atoms with Gasteiger partial charge in [0.05, 0.1) is 24.0 Å². The standard InChI is InChI=1S/C16H22N2O2/c1-12(13-6-4-7-14(18)10-13)15(19)20-9-5-8-16(2,3)11-17/h4,6-7,10,12H,5,8-9,18H2,1-3H3. The molecule has 0 saturated carbocycles. The topological polar surface area (TPSA) is 76.1 Å². The van der Waals surface area contributed by atoms with Gasteiger partial charge in [0.15, 0.2) is 0 Å². The summed E-state index contributed by atoms with van der Waals surface area (Å²) in [5.74, 6) is -0.590. The number of hydrogen-bond acceptors (Lipinski definition) is 4. The molecule has 1 rings (SSSR count). The Labute approximate surface area is 120 Å². The summed E-state index contributed by atoms with van der Waals surface area (Å²) in [5.41, 5.74) is 6.82. The van der Waals surface area contributed by atoms with E-state index < -0.39 is 0 Å². The number of esters is 1. The number of carbonyl (C=O) groups is 1. The number of nitrogen functional groups attached to an aromatic ring is 1. The van der Waals surface area contributed by atoms with Crippen LogP contribution < -0.4 is 5.73 Å². The average Bonchev–Trinajstić information content (AvgIpc) is 2.42. The normalized spacial score (nSPS) is 12.5. The summed E-state index contributed by atoms with van der Waals surface area (Å²) in [6.07, 6.45) is 1.40. The lowest BCUT2D eigenvalue weighted by molar-refractivity contribution is -0.145. The quantitative estimate of drug-likeness (QED) is 0.491. The van der Waals surface area contributed by atoms with Crippen molar-refractivity contribution in [2.24, 2.45) is 5.41 Å². The molecule has 0 bridgehead atoms. The molecule has 0 heterocycles. The predicted molar refractivity (Wildman–Crippen MR) is 78.9 cm³/mol. The van der Waals surface area contributed by atoms with E-state index in [1.807, 2.05) is 26.0 Å². The first-order valence-corrected chi connectivity index (χ1v) is 6.79. The van der Waals surface area contributed by atoms with Gasteiger partial charge in [0.1, 0.15) is 0 Å². The summed E-state index contributed by atoms with van der Waals surface area (Å²) in [6.45, 7) is 5.90. The zero-order valence-electron chi connectivity index (χ0n) is 12.3. The average molecular weight is 274 g/mol. The highest BCUT2D eigenvalue weighted by Gasteiger charge is 2.19. The molecule has 4 heteroatoms. The van der Waals surface area contributed by atoms with Crippen LogP contribution in [0.2, 0.25) is 0 Å². The molecule has 1 aromatic carbocycles. The van der Waals surface area contributed by atoms with Gasteiger partial charge in [0, 0.05) is 5.69 Å². The molecule has 0 aromatic heterocycles. The highest BCUT2D eigenvalue weighted by molar-refractivity contribution is 5.78. The number of nitrogens with zero attached hydrogens (tertiary/aromatic N) is 1. The molecular weight excluding hydrogens is 252 g/mol. The van der Waals surface area contributed by atoms with Gasteiger partial charge in [-0.2, -0.15) is 5.26 Å². The Morgan fingerprint density at radius 1 is 1.50 bits per heavy atom. The number of nitrogens with two attached hydrogens (primary N) is 1. The minimum atomic E-state index is -0.369. The zero-order chi connectivity index (χ0) is 15.2. The van der Waals surface area contributed by atoms with Gasteiger partial charge in [-0.25, -0.2) is 0 Å². The van der Waals surface area contributed by atoms with Crippen LogP contribution in [0.3, 0.4) is 0 Å². The number of ether oxygens (including phenoxy) is 1. The van der Waals surface area contributed by atoms with Gasteiger partial charge in [-0.1, -0.05) is 12.1 Å². The van der Waals surface area contributed by atoms with Crippen molar-refractivity contribution in [1.82, 2.24) is 0 Å². The van der Waals surface area contributed by atoms with Gasteiger partial charge in [-0.05, 0) is 51.3 Å². The lowest BCUT2D eigenvalue weighted by Crippen LogP contribution is -2.15. The molecule has 0 saturated heterocycles. The van der Waals surface area contributed by atoms with E-state index in [4.69, 9.17) is 15.7 Å². The fourth-order valence-electron chi connectivity index (χ4n) is 1.83. The molecule has 0 aliphatic heterocycles. The smallest absolute Gasteiger partial charge is 0.313 e. The maximum atomic E-state index is 11.9. The maximum absolute atomic E-state index is 11.9. The van der Waals surface area contributed by atoms with Crippen LogP contribution in [0.1, 0.15) is 45.1 Å². The summed E-state index contributed by atoms with van der Waals surface area (Å²) in [5, 5.41) is 8.90. The second-order valence-corrected chi connectivity index (χ2v) is 5.66. The largest absolute Gasteiger partial charge is 0.465 e. The van der Waals surface area contributed by atoms with Crippen LogP contribution >= 0.6 is 0 Å². The Hall–Kier alpha value is -2.02. The first-order chi connectivity index (χ1) is 9.35. The third-order valence-electron chi connectivity index (χ3n) is 3.26. The van der Waals surface area contributed by atoms with E-state index in [9.17, 15) is 4.79 Å². The van der Waals surface area contributed by atoms with E-state index >= 15 is 0 Å². The fraction of sp³-hybridized carbons (Fsp3) is 0.500. The summed E-state index contributed by atoms with van der Waals surface area (Å²) >= 11 is 0. The van der Waals surface area contributed by atoms with E-state index in [0.29, 0.717) is 25.1 Å². The van der Waals surface area contributed by atoms with Crippen LogP contribution in [0, 0.1) is 16.7 Å². The van der Waals surface area contributed by atoms with Crippen LogP contribution in [0.5, 0.6) is 0 Å². The highest BCUT2D eigenvalue weighted by Crippen LogP contribution is 2.22. The third-order valence-corrected chi connectivity index (χ3v) is 3.26. The Morgan fingerprint density at radius 2 is 2.20 bits per heavy atom. The number of benzene rings is 1. The molecule has 0 aliphatic carbocycles. The van der Waals surface area contributed by atoms with Gasteiger partial charge >= 0.3 is 5.97 Å². The van der Waals surface area contributed by atoms with Crippen LogP contribution in [-0.4, -0.2) is 12.6 Å². The lowest BCUT2D eigenvalue weighted by Gasteiger charge is -2.16. The Bertz CT molecular complexity index is 503. The van der Waals surface area contributed by atoms with Crippen molar-refractivity contribution in [2.45, 2.75) is 39.5 Å². The summed E-state index contributed by atoms with van der Waals surface area (Å²) in [7, 11) is 0.